The molecular formula is C11H10F3NO. The molecule has 0 radical (unpaired) electrons. The number of halogens is 3. The number of rotatable bonds is 1. The maximum Gasteiger partial charge on any atom is 0.433 e. The number of aromatic nitrogens is 1. The Hall–Kier alpha value is -1.39. The molecule has 0 aromatic carbocycles. The van der Waals surface area contributed by atoms with Crippen LogP contribution in [-0.4, -0.2) is 10.8 Å². The van der Waals surface area contributed by atoms with Crippen LogP contribution in [0.4, 0.5) is 13.2 Å². The van der Waals surface area contributed by atoms with E-state index < -0.39 is 11.9 Å². The van der Waals surface area contributed by atoms with Crippen molar-refractivity contribution in [3.05, 3.63) is 29.6 Å². The summed E-state index contributed by atoms with van der Waals surface area (Å²) < 4.78 is 36.7. The fourth-order valence-corrected chi connectivity index (χ4v) is 1.95. The molecule has 2 rings (SSSR count). The van der Waals surface area contributed by atoms with Crippen LogP contribution in [0.25, 0.3) is 0 Å². The van der Waals surface area contributed by atoms with Crippen LogP contribution >= 0.6 is 0 Å². The van der Waals surface area contributed by atoms with Crippen LogP contribution in [0.3, 0.4) is 0 Å². The third-order valence-corrected chi connectivity index (χ3v) is 2.78. The fraction of sp³-hybridized carbons (Fsp3) is 0.455. The number of carbonyl (C=O) groups excluding carboxylic acids is 1. The Morgan fingerprint density at radius 2 is 2.06 bits per heavy atom. The highest BCUT2D eigenvalue weighted by Gasteiger charge is 2.33. The lowest BCUT2D eigenvalue weighted by Crippen LogP contribution is -2.10. The van der Waals surface area contributed by atoms with Crippen molar-refractivity contribution in [2.24, 2.45) is 0 Å². The van der Waals surface area contributed by atoms with E-state index in [1.54, 1.807) is 0 Å². The van der Waals surface area contributed by atoms with E-state index in [2.05, 4.69) is 4.98 Å². The van der Waals surface area contributed by atoms with Crippen molar-refractivity contribution in [2.45, 2.75) is 31.4 Å². The van der Waals surface area contributed by atoms with Gasteiger partial charge in [-0.15, -0.1) is 0 Å². The summed E-state index contributed by atoms with van der Waals surface area (Å²) in [5.41, 5.74) is -0.322. The minimum atomic E-state index is -4.42. The van der Waals surface area contributed by atoms with Gasteiger partial charge in [-0.3, -0.25) is 9.78 Å². The molecule has 1 heterocycles. The second-order valence-electron chi connectivity index (χ2n) is 3.89. The number of Topliss-reactive ketones (excluding diaryl/α,β-unsaturated/α-hetero) is 1. The zero-order chi connectivity index (χ0) is 11.8. The molecule has 16 heavy (non-hydrogen) atoms. The van der Waals surface area contributed by atoms with Crippen LogP contribution < -0.4 is 0 Å². The predicted octanol–water partition coefficient (Wildman–Crippen LogP) is 2.94. The molecule has 0 aliphatic heterocycles. The van der Waals surface area contributed by atoms with Gasteiger partial charge in [0.2, 0.25) is 0 Å². The molecule has 0 N–H and O–H groups in total. The Morgan fingerprint density at radius 3 is 2.50 bits per heavy atom. The van der Waals surface area contributed by atoms with Crippen molar-refractivity contribution in [3.63, 3.8) is 0 Å². The van der Waals surface area contributed by atoms with E-state index in [4.69, 9.17) is 0 Å². The molecule has 5 heteroatoms. The number of pyridine rings is 1. The van der Waals surface area contributed by atoms with Crippen molar-refractivity contribution in [1.29, 1.82) is 0 Å². The first-order valence-corrected chi connectivity index (χ1v) is 5.04. The van der Waals surface area contributed by atoms with Gasteiger partial charge >= 0.3 is 6.18 Å². The van der Waals surface area contributed by atoms with Crippen LogP contribution in [-0.2, 0) is 11.0 Å². The van der Waals surface area contributed by atoms with Gasteiger partial charge < -0.3 is 0 Å². The first kappa shape index (κ1) is 11.1. The smallest absolute Gasteiger partial charge is 0.299 e. The summed E-state index contributed by atoms with van der Waals surface area (Å²) in [6, 6.07) is 2.28. The summed E-state index contributed by atoms with van der Waals surface area (Å²) in [4.78, 5) is 14.8. The molecule has 1 aliphatic carbocycles. The maximum absolute atomic E-state index is 12.2. The highest BCUT2D eigenvalue weighted by atomic mass is 19.4. The van der Waals surface area contributed by atoms with E-state index in [1.165, 1.54) is 6.07 Å². The van der Waals surface area contributed by atoms with Crippen molar-refractivity contribution in [1.82, 2.24) is 4.98 Å². The van der Waals surface area contributed by atoms with Crippen molar-refractivity contribution < 1.29 is 18.0 Å². The van der Waals surface area contributed by atoms with Crippen LogP contribution in [0.2, 0.25) is 0 Å². The number of nitrogens with zero attached hydrogens (tertiary/aromatic N) is 1. The summed E-state index contributed by atoms with van der Waals surface area (Å²) in [7, 11) is 0. The minimum Gasteiger partial charge on any atom is -0.299 e. The molecule has 1 aliphatic rings. The first-order valence-electron chi connectivity index (χ1n) is 5.04. The quantitative estimate of drug-likeness (QED) is 0.741. The Balaban J connectivity index is 2.22. The molecule has 0 amide bonds. The number of alkyl halides is 3. The minimum absolute atomic E-state index is 0.0987. The van der Waals surface area contributed by atoms with Gasteiger partial charge in [-0.1, -0.05) is 6.07 Å². The Bertz CT molecular complexity index is 397. The average Bonchev–Trinajstić information content (AvgIpc) is 2.63. The van der Waals surface area contributed by atoms with Crippen molar-refractivity contribution >= 4 is 5.78 Å². The number of carbonyl (C=O) groups is 1. The normalized spacial score (nSPS) is 21.4. The molecular weight excluding hydrogens is 219 g/mol. The molecule has 1 aromatic rings. The van der Waals surface area contributed by atoms with Crippen LogP contribution in [0, 0.1) is 0 Å². The topological polar surface area (TPSA) is 30.0 Å². The number of hydrogen-bond donors (Lipinski definition) is 0. The van der Waals surface area contributed by atoms with Gasteiger partial charge in [0.05, 0.1) is 0 Å². The number of hydrogen-bond acceptors (Lipinski definition) is 2. The second-order valence-corrected chi connectivity index (χ2v) is 3.89. The molecule has 0 spiro atoms. The van der Waals surface area contributed by atoms with E-state index in [0.29, 0.717) is 18.4 Å². The van der Waals surface area contributed by atoms with Gasteiger partial charge in [-0.25, -0.2) is 0 Å². The van der Waals surface area contributed by atoms with Gasteiger partial charge in [0.15, 0.2) is 0 Å². The SMILES string of the molecule is O=C1CCCC1c1ccc(C(F)(F)F)nc1. The van der Waals surface area contributed by atoms with E-state index in [1.807, 2.05) is 0 Å². The summed E-state index contributed by atoms with van der Waals surface area (Å²) in [6.07, 6.45) is -1.21. The monoisotopic (exact) mass is 229 g/mol. The van der Waals surface area contributed by atoms with E-state index in [-0.39, 0.29) is 11.7 Å². The second kappa shape index (κ2) is 3.88. The highest BCUT2D eigenvalue weighted by Crippen LogP contribution is 2.32. The predicted molar refractivity (Wildman–Crippen MR) is 50.8 cm³/mol. The van der Waals surface area contributed by atoms with E-state index in [9.17, 15) is 18.0 Å². The molecule has 1 unspecified atom stereocenters. The van der Waals surface area contributed by atoms with Gasteiger partial charge in [-0.05, 0) is 24.5 Å². The lowest BCUT2D eigenvalue weighted by Gasteiger charge is -2.09. The third kappa shape index (κ3) is 2.08. The molecule has 1 atom stereocenters. The fourth-order valence-electron chi connectivity index (χ4n) is 1.95. The van der Waals surface area contributed by atoms with E-state index >= 15 is 0 Å². The summed E-state index contributed by atoms with van der Waals surface area (Å²) in [5, 5.41) is 0. The molecule has 2 nitrogen and oxygen atoms in total. The van der Waals surface area contributed by atoms with E-state index in [0.717, 1.165) is 18.7 Å². The lowest BCUT2D eigenvalue weighted by atomic mass is 9.98. The Kier molecular flexibility index (Phi) is 2.69. The Morgan fingerprint density at radius 1 is 1.31 bits per heavy atom. The molecule has 0 saturated heterocycles. The summed E-state index contributed by atoms with van der Waals surface area (Å²) >= 11 is 0. The van der Waals surface area contributed by atoms with Crippen LogP contribution in [0.15, 0.2) is 18.3 Å². The van der Waals surface area contributed by atoms with Crippen LogP contribution in [0.5, 0.6) is 0 Å². The van der Waals surface area contributed by atoms with Crippen molar-refractivity contribution in [2.75, 3.05) is 0 Å². The zero-order valence-electron chi connectivity index (χ0n) is 8.42. The van der Waals surface area contributed by atoms with Crippen LogP contribution in [0.1, 0.15) is 36.4 Å². The standard InChI is InChI=1S/C11H10F3NO/c12-11(13,14)10-5-4-7(6-15-10)8-2-1-3-9(8)16/h4-6,8H,1-3H2. The van der Waals surface area contributed by atoms with Gasteiger partial charge in [-0.2, -0.15) is 13.2 Å². The summed E-state index contributed by atoms with van der Waals surface area (Å²) in [6.45, 7) is 0. The third-order valence-electron chi connectivity index (χ3n) is 2.78. The van der Waals surface area contributed by atoms with Gasteiger partial charge in [0.1, 0.15) is 11.5 Å². The number of ketones is 1. The molecule has 1 saturated carbocycles. The average molecular weight is 229 g/mol. The van der Waals surface area contributed by atoms with Crippen molar-refractivity contribution in [3.8, 4) is 0 Å². The maximum atomic E-state index is 12.2. The molecule has 1 fully saturated rings. The van der Waals surface area contributed by atoms with Gasteiger partial charge in [0.25, 0.3) is 0 Å². The highest BCUT2D eigenvalue weighted by molar-refractivity contribution is 5.87. The van der Waals surface area contributed by atoms with Gasteiger partial charge in [0, 0.05) is 18.5 Å². The lowest BCUT2D eigenvalue weighted by molar-refractivity contribution is -0.141. The zero-order valence-corrected chi connectivity index (χ0v) is 8.42. The largest absolute Gasteiger partial charge is 0.433 e. The molecule has 86 valence electrons. The first-order chi connectivity index (χ1) is 7.48. The molecule has 1 aromatic heterocycles. The Labute approximate surface area is 90.5 Å². The molecule has 0 bridgehead atoms. The summed E-state index contributed by atoms with van der Waals surface area (Å²) in [5.74, 6) is -0.156.